The van der Waals surface area contributed by atoms with Gasteiger partial charge in [0.15, 0.2) is 0 Å². The summed E-state index contributed by atoms with van der Waals surface area (Å²) in [5.74, 6) is 0.0820. The number of hydrogen-bond acceptors (Lipinski definition) is 2. The number of hydrogen-bond donors (Lipinski definition) is 0. The van der Waals surface area contributed by atoms with Crippen molar-refractivity contribution in [2.24, 2.45) is 0 Å². The smallest absolute Gasteiger partial charge is 0.255 e. The summed E-state index contributed by atoms with van der Waals surface area (Å²) in [6.45, 7) is 4.55. The minimum atomic E-state index is -0.313. The quantitative estimate of drug-likeness (QED) is 0.660. The lowest BCUT2D eigenvalue weighted by Gasteiger charge is -2.20. The van der Waals surface area contributed by atoms with E-state index in [1.807, 2.05) is 49.1 Å². The zero-order valence-corrected chi connectivity index (χ0v) is 14.9. The Labute approximate surface area is 151 Å². The van der Waals surface area contributed by atoms with E-state index in [0.717, 1.165) is 28.2 Å². The van der Waals surface area contributed by atoms with Crippen LogP contribution in [0.2, 0.25) is 5.15 Å². The lowest BCUT2D eigenvalue weighted by Crippen LogP contribution is -2.31. The maximum atomic E-state index is 13.3. The SMILES string of the molecule is Cc1ccc(C)n1C1C(=O)N(Cc2ccc(Cl)nc2)c2ccccc21. The predicted molar refractivity (Wildman–Crippen MR) is 98.9 cm³/mol. The Morgan fingerprint density at radius 2 is 1.76 bits per heavy atom. The zero-order valence-electron chi connectivity index (χ0n) is 14.1. The minimum absolute atomic E-state index is 0.0820. The summed E-state index contributed by atoms with van der Waals surface area (Å²) >= 11 is 5.87. The minimum Gasteiger partial charge on any atom is -0.333 e. The van der Waals surface area contributed by atoms with Gasteiger partial charge in [0.1, 0.15) is 11.2 Å². The maximum absolute atomic E-state index is 13.3. The highest BCUT2D eigenvalue weighted by molar-refractivity contribution is 6.29. The molecule has 0 radical (unpaired) electrons. The molecule has 0 bridgehead atoms. The number of rotatable bonds is 3. The molecule has 0 aliphatic carbocycles. The fraction of sp³-hybridized carbons (Fsp3) is 0.200. The number of aromatic nitrogens is 2. The van der Waals surface area contributed by atoms with Crippen LogP contribution in [0, 0.1) is 13.8 Å². The van der Waals surface area contributed by atoms with Crippen molar-refractivity contribution in [1.29, 1.82) is 0 Å². The first-order valence-corrected chi connectivity index (χ1v) is 8.59. The maximum Gasteiger partial charge on any atom is 0.255 e. The molecule has 4 nitrogen and oxygen atoms in total. The molecular formula is C20H18ClN3O. The number of carbonyl (C=O) groups excluding carboxylic acids is 1. The van der Waals surface area contributed by atoms with Gasteiger partial charge in [-0.05, 0) is 43.7 Å². The summed E-state index contributed by atoms with van der Waals surface area (Å²) in [5.41, 5.74) is 5.12. The van der Waals surface area contributed by atoms with Crippen LogP contribution in [-0.4, -0.2) is 15.5 Å². The lowest BCUT2D eigenvalue weighted by molar-refractivity contribution is -0.120. The molecule has 1 amide bonds. The number of anilines is 1. The van der Waals surface area contributed by atoms with Crippen molar-refractivity contribution in [3.63, 3.8) is 0 Å². The average molecular weight is 352 g/mol. The normalized spacial score (nSPS) is 16.4. The first-order valence-electron chi connectivity index (χ1n) is 8.21. The largest absolute Gasteiger partial charge is 0.333 e. The van der Waals surface area contributed by atoms with Crippen LogP contribution < -0.4 is 4.90 Å². The van der Waals surface area contributed by atoms with Gasteiger partial charge in [-0.3, -0.25) is 4.79 Å². The molecule has 1 unspecified atom stereocenters. The van der Waals surface area contributed by atoms with E-state index in [9.17, 15) is 4.79 Å². The predicted octanol–water partition coefficient (Wildman–Crippen LogP) is 4.29. The molecular weight excluding hydrogens is 334 g/mol. The average Bonchev–Trinajstić information content (AvgIpc) is 3.07. The third-order valence-corrected chi connectivity index (χ3v) is 4.96. The van der Waals surface area contributed by atoms with Gasteiger partial charge in [0.05, 0.1) is 6.54 Å². The van der Waals surface area contributed by atoms with E-state index in [1.54, 1.807) is 12.3 Å². The standard InChI is InChI=1S/C20H18ClN3O/c1-13-7-8-14(2)24(13)19-16-5-3-4-6-17(16)23(20(19)25)12-15-9-10-18(21)22-11-15/h3-11,19H,12H2,1-2H3. The van der Waals surface area contributed by atoms with Crippen LogP contribution in [0.3, 0.4) is 0 Å². The van der Waals surface area contributed by atoms with E-state index in [0.29, 0.717) is 11.7 Å². The molecule has 1 aliphatic heterocycles. The van der Waals surface area contributed by atoms with E-state index < -0.39 is 0 Å². The highest BCUT2D eigenvalue weighted by atomic mass is 35.5. The van der Waals surface area contributed by atoms with Crippen LogP contribution >= 0.6 is 11.6 Å². The fourth-order valence-corrected chi connectivity index (χ4v) is 3.66. The van der Waals surface area contributed by atoms with Crippen LogP contribution in [0.15, 0.2) is 54.7 Å². The van der Waals surface area contributed by atoms with Gasteiger partial charge in [-0.2, -0.15) is 0 Å². The van der Waals surface area contributed by atoms with E-state index >= 15 is 0 Å². The van der Waals surface area contributed by atoms with Crippen LogP contribution in [0.5, 0.6) is 0 Å². The Morgan fingerprint density at radius 1 is 1.04 bits per heavy atom. The number of carbonyl (C=O) groups is 1. The molecule has 1 atom stereocenters. The van der Waals surface area contributed by atoms with Crippen LogP contribution in [0.4, 0.5) is 5.69 Å². The fourth-order valence-electron chi connectivity index (χ4n) is 3.55. The third-order valence-electron chi connectivity index (χ3n) is 4.74. The molecule has 4 rings (SSSR count). The van der Waals surface area contributed by atoms with E-state index in [-0.39, 0.29) is 11.9 Å². The number of fused-ring (bicyclic) bond motifs is 1. The Hall–Kier alpha value is -2.59. The van der Waals surface area contributed by atoms with Crippen molar-refractivity contribution in [2.75, 3.05) is 4.90 Å². The molecule has 25 heavy (non-hydrogen) atoms. The monoisotopic (exact) mass is 351 g/mol. The summed E-state index contributed by atoms with van der Waals surface area (Å²) < 4.78 is 2.11. The summed E-state index contributed by atoms with van der Waals surface area (Å²) in [5, 5.41) is 0.452. The van der Waals surface area contributed by atoms with E-state index in [2.05, 4.69) is 21.7 Å². The first kappa shape index (κ1) is 15.9. The van der Waals surface area contributed by atoms with Crippen LogP contribution in [-0.2, 0) is 11.3 Å². The number of amides is 1. The molecule has 0 saturated heterocycles. The van der Waals surface area contributed by atoms with Gasteiger partial charge < -0.3 is 9.47 Å². The van der Waals surface area contributed by atoms with Gasteiger partial charge in [-0.1, -0.05) is 35.9 Å². The Balaban J connectivity index is 1.77. The molecule has 126 valence electrons. The van der Waals surface area contributed by atoms with E-state index in [4.69, 9.17) is 11.6 Å². The summed E-state index contributed by atoms with van der Waals surface area (Å²) in [6, 6.07) is 15.4. The summed E-state index contributed by atoms with van der Waals surface area (Å²) in [6.07, 6.45) is 1.72. The molecule has 5 heteroatoms. The molecule has 2 aromatic heterocycles. The topological polar surface area (TPSA) is 38.1 Å². The van der Waals surface area contributed by atoms with Gasteiger partial charge in [0.2, 0.25) is 0 Å². The number of para-hydroxylation sites is 1. The molecule has 1 aromatic carbocycles. The molecule has 0 fully saturated rings. The zero-order chi connectivity index (χ0) is 17.6. The van der Waals surface area contributed by atoms with Gasteiger partial charge >= 0.3 is 0 Å². The number of benzene rings is 1. The first-order chi connectivity index (χ1) is 12.1. The molecule has 3 heterocycles. The lowest BCUT2D eigenvalue weighted by atomic mass is 10.1. The van der Waals surface area contributed by atoms with Crippen molar-refractivity contribution < 1.29 is 4.79 Å². The van der Waals surface area contributed by atoms with Crippen molar-refractivity contribution in [3.05, 3.63) is 82.4 Å². The van der Waals surface area contributed by atoms with Crippen molar-refractivity contribution >= 4 is 23.2 Å². The molecule has 1 aliphatic rings. The summed E-state index contributed by atoms with van der Waals surface area (Å²) in [4.78, 5) is 19.3. The van der Waals surface area contributed by atoms with Gasteiger partial charge in [-0.15, -0.1) is 0 Å². The van der Waals surface area contributed by atoms with Gasteiger partial charge in [0, 0.05) is 28.8 Å². The van der Waals surface area contributed by atoms with E-state index in [1.165, 1.54) is 0 Å². The van der Waals surface area contributed by atoms with Gasteiger partial charge in [0.25, 0.3) is 5.91 Å². The van der Waals surface area contributed by atoms with Crippen LogP contribution in [0.1, 0.15) is 28.6 Å². The molecule has 0 saturated carbocycles. The number of halogens is 1. The van der Waals surface area contributed by atoms with Gasteiger partial charge in [-0.25, -0.2) is 4.98 Å². The number of nitrogens with zero attached hydrogens (tertiary/aromatic N) is 3. The highest BCUT2D eigenvalue weighted by Gasteiger charge is 2.39. The van der Waals surface area contributed by atoms with Crippen molar-refractivity contribution in [3.8, 4) is 0 Å². The molecule has 3 aromatic rings. The second-order valence-corrected chi connectivity index (χ2v) is 6.75. The molecule has 0 N–H and O–H groups in total. The van der Waals surface area contributed by atoms with Crippen LogP contribution in [0.25, 0.3) is 0 Å². The van der Waals surface area contributed by atoms with Crippen molar-refractivity contribution in [1.82, 2.24) is 9.55 Å². The number of pyridine rings is 1. The van der Waals surface area contributed by atoms with Crippen molar-refractivity contribution in [2.45, 2.75) is 26.4 Å². The summed E-state index contributed by atoms with van der Waals surface area (Å²) in [7, 11) is 0. The number of aryl methyl sites for hydroxylation is 2. The Bertz CT molecular complexity index is 926. The second-order valence-electron chi connectivity index (χ2n) is 6.36. The Kier molecular flexibility index (Phi) is 3.85. The highest BCUT2D eigenvalue weighted by Crippen LogP contribution is 2.40. The Morgan fingerprint density at radius 3 is 2.44 bits per heavy atom. The second kappa shape index (κ2) is 6.05. The molecule has 0 spiro atoms. The third kappa shape index (κ3) is 2.63.